The van der Waals surface area contributed by atoms with Crippen LogP contribution in [0.2, 0.25) is 0 Å². The first-order valence-corrected chi connectivity index (χ1v) is 30.9. The Hall–Kier alpha value is 3.15. The van der Waals surface area contributed by atoms with E-state index >= 15 is 0 Å². The monoisotopic (exact) mass is 1200 g/mol. The summed E-state index contributed by atoms with van der Waals surface area (Å²) in [7, 11) is -12.8. The van der Waals surface area contributed by atoms with E-state index in [4.69, 9.17) is 0 Å². The average Bonchev–Trinajstić information content (AvgIpc) is 3.17. The van der Waals surface area contributed by atoms with Gasteiger partial charge in [0.2, 0.25) is 0 Å². The molecule has 0 aromatic rings. The van der Waals surface area contributed by atoms with E-state index in [-0.39, 0.29) is 100 Å². The molecule has 0 bridgehead atoms. The Labute approximate surface area is 451 Å². The van der Waals surface area contributed by atoms with Crippen molar-refractivity contribution in [3.05, 3.63) is 0 Å². The van der Waals surface area contributed by atoms with Gasteiger partial charge in [-0.1, -0.05) is 294 Å². The number of rotatable bonds is 45. The van der Waals surface area contributed by atoms with Crippen LogP contribution in [0.5, 0.6) is 0 Å². The van der Waals surface area contributed by atoms with Crippen LogP contribution in [0.15, 0.2) is 0 Å². The topological polar surface area (TPSA) is 190 Å². The molecule has 0 amide bonds. The van der Waals surface area contributed by atoms with Crippen LogP contribution >= 0.6 is 22.8 Å². The van der Waals surface area contributed by atoms with E-state index in [1.165, 1.54) is 212 Å². The minimum atomic E-state index is -4.25. The summed E-state index contributed by atoms with van der Waals surface area (Å²) >= 11 is 0. The third-order valence-electron chi connectivity index (χ3n) is 11.4. The second kappa shape index (κ2) is 58.5. The third kappa shape index (κ3) is 83.2. The Bertz CT molecular complexity index is 845. The fraction of sp³-hybridized carbons (Fsp3) is 1.00. The Balaban J connectivity index is -0.000000258. The summed E-state index contributed by atoms with van der Waals surface area (Å²) in [6, 6.07) is 0. The van der Waals surface area contributed by atoms with Gasteiger partial charge in [0.25, 0.3) is 0 Å². The smallest absolute Gasteiger partial charge is 0.811 e. The molecule has 0 unspecified atom stereocenters. The Morgan fingerprint density at radius 1 is 0.210 bits per heavy atom. The van der Waals surface area contributed by atoms with Gasteiger partial charge in [-0.3, -0.25) is 0 Å². The molecule has 0 spiro atoms. The molecule has 0 rings (SSSR count). The van der Waals surface area contributed by atoms with Gasteiger partial charge < -0.3 is 43.1 Å². The second-order valence-electron chi connectivity index (χ2n) is 17.8. The molecule has 0 saturated carbocycles. The van der Waals surface area contributed by atoms with Crippen LogP contribution in [0, 0.1) is 81.7 Å². The van der Waals surface area contributed by atoms with E-state index in [1.807, 2.05) is 0 Å². The van der Waals surface area contributed by atoms with Crippen molar-refractivity contribution in [2.45, 2.75) is 290 Å². The van der Waals surface area contributed by atoms with Crippen molar-refractivity contribution in [2.75, 3.05) is 18.5 Å². The maximum atomic E-state index is 10.4. The molecule has 0 aliphatic heterocycles. The first-order chi connectivity index (χ1) is 28.7. The molecule has 0 aromatic carbocycles. The summed E-state index contributed by atoms with van der Waals surface area (Å²) in [6.07, 6.45) is 51.1. The maximum absolute atomic E-state index is 10.4. The van der Waals surface area contributed by atoms with Crippen molar-refractivity contribution in [3.8, 4) is 0 Å². The normalized spacial score (nSPS) is 11.6. The van der Waals surface area contributed by atoms with Crippen LogP contribution in [0.1, 0.15) is 290 Å². The van der Waals surface area contributed by atoms with Gasteiger partial charge in [0.15, 0.2) is 0 Å². The molecule has 368 valence electrons. The molecule has 14 heteroatoms. The first-order valence-electron chi connectivity index (χ1n) is 25.7. The first kappa shape index (κ1) is 74.1. The summed E-state index contributed by atoms with van der Waals surface area (Å²) in [6.45, 7) is 6.75. The van der Waals surface area contributed by atoms with Crippen molar-refractivity contribution >= 4 is 22.8 Å². The molecule has 0 heterocycles. The van der Waals surface area contributed by atoms with Gasteiger partial charge in [-0.05, 0) is 37.7 Å². The summed E-state index contributed by atoms with van der Waals surface area (Å²) in [5, 5.41) is 0. The largest absolute Gasteiger partial charge is 3.00 e. The molecule has 0 aliphatic carbocycles. The predicted octanol–water partition coefficient (Wildman–Crippen LogP) is 13.1. The van der Waals surface area contributed by atoms with Crippen LogP contribution in [0.4, 0.5) is 0 Å². The van der Waals surface area contributed by atoms with E-state index in [1.54, 1.807) is 0 Å². The summed E-state index contributed by atoms with van der Waals surface area (Å²) in [5.41, 5.74) is 0. The average molecular weight is 1200 g/mol. The maximum Gasteiger partial charge on any atom is 3.00 e. The van der Waals surface area contributed by atoms with Gasteiger partial charge >= 0.3 is 81.7 Å². The molecule has 0 fully saturated rings. The van der Waals surface area contributed by atoms with Crippen molar-refractivity contribution in [1.82, 2.24) is 0 Å². The SMILES string of the molecule is CCCCCCCCCCCCCCCCP(=O)([O-])[O-].CCCCCCCCCCCCCCCCP(=O)([O-])[O-].CCCCCCCCCCCCCCCCP(=O)([O-])[O-].[Nd+3].[Nd+3]. The van der Waals surface area contributed by atoms with Gasteiger partial charge in [-0.15, -0.1) is 0 Å². The molecule has 9 nitrogen and oxygen atoms in total. The van der Waals surface area contributed by atoms with Crippen LogP contribution in [0.25, 0.3) is 0 Å². The molecular formula is C48H99Nd2O9P3. The van der Waals surface area contributed by atoms with E-state index in [0.29, 0.717) is 19.3 Å². The molecule has 62 heavy (non-hydrogen) atoms. The molecule has 0 aliphatic rings. The third-order valence-corrected chi connectivity index (χ3v) is 13.9. The number of hydrogen-bond donors (Lipinski definition) is 0. The van der Waals surface area contributed by atoms with Crippen LogP contribution in [-0.2, 0) is 13.7 Å². The molecule has 2 radical (unpaired) electrons. The van der Waals surface area contributed by atoms with Crippen LogP contribution < -0.4 is 29.4 Å². The van der Waals surface area contributed by atoms with Gasteiger partial charge in [0.05, 0.1) is 0 Å². The van der Waals surface area contributed by atoms with Gasteiger partial charge in [0, 0.05) is 0 Å². The Morgan fingerprint density at radius 2 is 0.306 bits per heavy atom. The zero-order valence-corrected chi connectivity index (χ0v) is 49.9. The Kier molecular flexibility index (Phi) is 69.9. The van der Waals surface area contributed by atoms with Gasteiger partial charge in [-0.2, -0.15) is 0 Å². The summed E-state index contributed by atoms with van der Waals surface area (Å²) in [4.78, 5) is 62.5. The molecule has 0 atom stereocenters. The summed E-state index contributed by atoms with van der Waals surface area (Å²) < 4.78 is 31.3. The van der Waals surface area contributed by atoms with Crippen molar-refractivity contribution in [1.29, 1.82) is 0 Å². The molecule has 0 aromatic heterocycles. The minimum absolute atomic E-state index is 0. The fourth-order valence-electron chi connectivity index (χ4n) is 7.50. The second-order valence-corrected chi connectivity index (χ2v) is 22.8. The summed E-state index contributed by atoms with van der Waals surface area (Å²) in [5.74, 6) is 0. The van der Waals surface area contributed by atoms with E-state index < -0.39 is 22.8 Å². The standard InChI is InChI=1S/3C16H35O3P.2Nd/c3*1-2-3-4-5-6-7-8-9-10-11-12-13-14-15-16-20(17,18)19;;/h3*2-16H2,1H3,(H2,17,18,19);;/q;;;2*+3/p-6. The zero-order valence-electron chi connectivity index (χ0n) is 40.8. The quantitative estimate of drug-likeness (QED) is 0.0422. The Morgan fingerprint density at radius 3 is 0.403 bits per heavy atom. The van der Waals surface area contributed by atoms with Crippen molar-refractivity contribution < 1.29 is 125 Å². The minimum Gasteiger partial charge on any atom is -0.811 e. The van der Waals surface area contributed by atoms with E-state index in [9.17, 15) is 43.1 Å². The van der Waals surface area contributed by atoms with Gasteiger partial charge in [-0.25, -0.2) is 0 Å². The zero-order chi connectivity index (χ0) is 45.3. The molecular weight excluding hydrogens is 1100 g/mol. The van der Waals surface area contributed by atoms with Gasteiger partial charge in [0.1, 0.15) is 0 Å². The van der Waals surface area contributed by atoms with E-state index in [2.05, 4.69) is 20.8 Å². The van der Waals surface area contributed by atoms with Crippen LogP contribution in [0.3, 0.4) is 0 Å². The number of unbranched alkanes of at least 4 members (excludes halogenated alkanes) is 39. The van der Waals surface area contributed by atoms with Crippen molar-refractivity contribution in [2.24, 2.45) is 0 Å². The van der Waals surface area contributed by atoms with Crippen molar-refractivity contribution in [3.63, 3.8) is 0 Å². The van der Waals surface area contributed by atoms with E-state index in [0.717, 1.165) is 38.5 Å². The predicted molar refractivity (Wildman–Crippen MR) is 248 cm³/mol. The molecule has 0 N–H and O–H groups in total. The van der Waals surface area contributed by atoms with Crippen LogP contribution in [-0.4, -0.2) is 18.5 Å². The fourth-order valence-corrected chi connectivity index (χ4v) is 9.33. The molecule has 0 saturated heterocycles. The number of hydrogen-bond acceptors (Lipinski definition) is 9.